The number of hydrogen-bond donors (Lipinski definition) is 1. The molecule has 0 radical (unpaired) electrons. The van der Waals surface area contributed by atoms with Crippen molar-refractivity contribution in [3.8, 4) is 0 Å². The van der Waals surface area contributed by atoms with Crippen molar-refractivity contribution in [1.82, 2.24) is 9.78 Å². The van der Waals surface area contributed by atoms with Gasteiger partial charge >= 0.3 is 5.82 Å². The summed E-state index contributed by atoms with van der Waals surface area (Å²) in [5, 5.41) is 22.9. The van der Waals surface area contributed by atoms with Gasteiger partial charge in [0.15, 0.2) is 0 Å². The lowest BCUT2D eigenvalue weighted by Gasteiger charge is -1.92. The summed E-state index contributed by atoms with van der Waals surface area (Å²) < 4.78 is 6.63. The highest BCUT2D eigenvalue weighted by Crippen LogP contribution is 2.11. The molecule has 2 rings (SSSR count). The molecule has 0 atom stereocenters. The van der Waals surface area contributed by atoms with Crippen molar-refractivity contribution >= 4 is 5.82 Å². The van der Waals surface area contributed by atoms with E-state index in [1.807, 2.05) is 0 Å². The van der Waals surface area contributed by atoms with Crippen LogP contribution < -0.4 is 0 Å². The zero-order valence-corrected chi connectivity index (χ0v) is 8.24. The first kappa shape index (κ1) is 10.4. The second-order valence-electron chi connectivity index (χ2n) is 3.15. The molecule has 0 aliphatic carbocycles. The van der Waals surface area contributed by atoms with Crippen LogP contribution in [0.1, 0.15) is 11.5 Å². The van der Waals surface area contributed by atoms with E-state index in [4.69, 9.17) is 9.52 Å². The summed E-state index contributed by atoms with van der Waals surface area (Å²) in [7, 11) is 0. The predicted octanol–water partition coefficient (Wildman–Crippen LogP) is 0.925. The third-order valence-corrected chi connectivity index (χ3v) is 2.00. The van der Waals surface area contributed by atoms with Crippen LogP contribution in [0.4, 0.5) is 5.82 Å². The SMILES string of the molecule is O=[N+]([O-])c1ccn(Cc2ccc(CO)o2)n1. The molecule has 0 aliphatic heterocycles. The zero-order valence-electron chi connectivity index (χ0n) is 8.24. The highest BCUT2D eigenvalue weighted by Gasteiger charge is 2.12. The van der Waals surface area contributed by atoms with E-state index in [0.29, 0.717) is 18.1 Å². The van der Waals surface area contributed by atoms with E-state index in [1.54, 1.807) is 12.1 Å². The lowest BCUT2D eigenvalue weighted by Crippen LogP contribution is -2.00. The first-order valence-corrected chi connectivity index (χ1v) is 4.55. The summed E-state index contributed by atoms with van der Waals surface area (Å²) in [5.74, 6) is 0.840. The normalized spacial score (nSPS) is 10.6. The number of aliphatic hydroxyl groups excluding tert-OH is 1. The zero-order chi connectivity index (χ0) is 11.5. The lowest BCUT2D eigenvalue weighted by atomic mass is 10.4. The van der Waals surface area contributed by atoms with Crippen LogP contribution in [0.5, 0.6) is 0 Å². The molecule has 0 saturated heterocycles. The Hall–Kier alpha value is -2.15. The summed E-state index contributed by atoms with van der Waals surface area (Å²) >= 11 is 0. The van der Waals surface area contributed by atoms with Gasteiger partial charge in [-0.1, -0.05) is 0 Å². The fourth-order valence-electron chi connectivity index (χ4n) is 1.29. The summed E-state index contributed by atoms with van der Waals surface area (Å²) in [6.07, 6.45) is 1.50. The predicted molar refractivity (Wildman–Crippen MR) is 52.6 cm³/mol. The first-order valence-electron chi connectivity index (χ1n) is 4.55. The minimum absolute atomic E-state index is 0.167. The summed E-state index contributed by atoms with van der Waals surface area (Å²) in [6.45, 7) is 0.132. The van der Waals surface area contributed by atoms with Gasteiger partial charge in [-0.25, -0.2) is 0 Å². The molecule has 0 unspecified atom stereocenters. The van der Waals surface area contributed by atoms with E-state index in [2.05, 4.69) is 5.10 Å². The van der Waals surface area contributed by atoms with Crippen LogP contribution in [-0.4, -0.2) is 19.8 Å². The van der Waals surface area contributed by atoms with Crippen molar-refractivity contribution < 1.29 is 14.4 Å². The van der Waals surface area contributed by atoms with Crippen LogP contribution >= 0.6 is 0 Å². The Morgan fingerprint density at radius 3 is 2.75 bits per heavy atom. The Bertz CT molecular complexity index is 502. The van der Waals surface area contributed by atoms with Crippen molar-refractivity contribution in [1.29, 1.82) is 0 Å². The quantitative estimate of drug-likeness (QED) is 0.614. The van der Waals surface area contributed by atoms with E-state index in [1.165, 1.54) is 16.9 Å². The largest absolute Gasteiger partial charge is 0.462 e. The summed E-state index contributed by atoms with van der Waals surface area (Å²) in [4.78, 5) is 9.83. The molecular formula is C9H9N3O4. The third kappa shape index (κ3) is 2.09. The molecule has 0 aliphatic rings. The van der Waals surface area contributed by atoms with Gasteiger partial charge in [0.05, 0.1) is 17.4 Å². The molecule has 16 heavy (non-hydrogen) atoms. The van der Waals surface area contributed by atoms with Gasteiger partial charge in [-0.2, -0.15) is 4.68 Å². The molecule has 2 aromatic heterocycles. The Morgan fingerprint density at radius 2 is 2.19 bits per heavy atom. The molecule has 0 aromatic carbocycles. The second-order valence-corrected chi connectivity index (χ2v) is 3.15. The molecular weight excluding hydrogens is 214 g/mol. The highest BCUT2D eigenvalue weighted by molar-refractivity contribution is 5.15. The van der Waals surface area contributed by atoms with Crippen LogP contribution in [0.3, 0.4) is 0 Å². The number of nitrogens with zero attached hydrogens (tertiary/aromatic N) is 3. The van der Waals surface area contributed by atoms with Crippen molar-refractivity contribution in [2.45, 2.75) is 13.2 Å². The van der Waals surface area contributed by atoms with Crippen LogP contribution in [-0.2, 0) is 13.2 Å². The van der Waals surface area contributed by atoms with Crippen molar-refractivity contribution in [3.63, 3.8) is 0 Å². The monoisotopic (exact) mass is 223 g/mol. The van der Waals surface area contributed by atoms with E-state index in [-0.39, 0.29) is 12.4 Å². The van der Waals surface area contributed by atoms with Crippen LogP contribution in [0.2, 0.25) is 0 Å². The van der Waals surface area contributed by atoms with E-state index in [0.717, 1.165) is 0 Å². The number of hydrogen-bond acceptors (Lipinski definition) is 5. The van der Waals surface area contributed by atoms with Gasteiger partial charge in [-0.15, -0.1) is 0 Å². The highest BCUT2D eigenvalue weighted by atomic mass is 16.6. The fourth-order valence-corrected chi connectivity index (χ4v) is 1.29. The summed E-state index contributed by atoms with van der Waals surface area (Å²) in [6, 6.07) is 4.65. The molecule has 7 heteroatoms. The molecule has 0 saturated carbocycles. The van der Waals surface area contributed by atoms with Crippen molar-refractivity contribution in [2.24, 2.45) is 0 Å². The molecule has 2 aromatic rings. The number of furan rings is 1. The first-order chi connectivity index (χ1) is 7.69. The van der Waals surface area contributed by atoms with Gasteiger partial charge in [0.25, 0.3) is 0 Å². The smallest absolute Gasteiger partial charge is 0.389 e. The molecule has 84 valence electrons. The van der Waals surface area contributed by atoms with Gasteiger partial charge in [0, 0.05) is 0 Å². The minimum atomic E-state index is -0.558. The second kappa shape index (κ2) is 4.15. The van der Waals surface area contributed by atoms with Crippen LogP contribution in [0, 0.1) is 10.1 Å². The van der Waals surface area contributed by atoms with Gasteiger partial charge in [0.1, 0.15) is 24.7 Å². The maximum atomic E-state index is 10.4. The van der Waals surface area contributed by atoms with Gasteiger partial charge in [0.2, 0.25) is 0 Å². The fraction of sp³-hybridized carbons (Fsp3) is 0.222. The average Bonchev–Trinajstić information content (AvgIpc) is 2.87. The Balaban J connectivity index is 2.11. The van der Waals surface area contributed by atoms with Gasteiger partial charge < -0.3 is 19.6 Å². The molecule has 7 nitrogen and oxygen atoms in total. The molecule has 0 bridgehead atoms. The lowest BCUT2D eigenvalue weighted by molar-refractivity contribution is -0.389. The molecule has 0 amide bonds. The molecule has 0 fully saturated rings. The van der Waals surface area contributed by atoms with E-state index in [9.17, 15) is 10.1 Å². The number of rotatable bonds is 4. The summed E-state index contributed by atoms with van der Waals surface area (Å²) in [5.41, 5.74) is 0. The number of aromatic nitrogens is 2. The standard InChI is InChI=1S/C9H9N3O4/c13-6-8-2-1-7(16-8)5-11-4-3-9(10-11)12(14)15/h1-4,13H,5-6H2. The van der Waals surface area contributed by atoms with E-state index >= 15 is 0 Å². The van der Waals surface area contributed by atoms with Crippen LogP contribution in [0.25, 0.3) is 0 Å². The van der Waals surface area contributed by atoms with Gasteiger partial charge in [-0.05, 0) is 17.1 Å². The van der Waals surface area contributed by atoms with Crippen molar-refractivity contribution in [3.05, 3.63) is 46.0 Å². The minimum Gasteiger partial charge on any atom is -0.462 e. The third-order valence-electron chi connectivity index (χ3n) is 2.00. The number of nitro groups is 1. The Kier molecular flexibility index (Phi) is 2.69. The Labute approximate surface area is 90.1 Å². The van der Waals surface area contributed by atoms with Crippen molar-refractivity contribution in [2.75, 3.05) is 0 Å². The van der Waals surface area contributed by atoms with Crippen LogP contribution in [0.15, 0.2) is 28.8 Å². The maximum absolute atomic E-state index is 10.4. The van der Waals surface area contributed by atoms with Gasteiger partial charge in [-0.3, -0.25) is 0 Å². The maximum Gasteiger partial charge on any atom is 0.389 e. The number of aliphatic hydroxyl groups is 1. The molecule has 1 N–H and O–H groups in total. The molecule has 0 spiro atoms. The Morgan fingerprint density at radius 1 is 1.44 bits per heavy atom. The van der Waals surface area contributed by atoms with E-state index < -0.39 is 4.92 Å². The molecule has 2 heterocycles. The topological polar surface area (TPSA) is 94.3 Å². The average molecular weight is 223 g/mol.